The molecular formula is C10H17NO4. The lowest BCUT2D eigenvalue weighted by molar-refractivity contribution is -0.157. The molecule has 1 heterocycles. The summed E-state index contributed by atoms with van der Waals surface area (Å²) < 4.78 is 5.37. The zero-order chi connectivity index (χ0) is 11.6. The molecule has 0 saturated carbocycles. The molecule has 0 aromatic rings. The fourth-order valence-electron chi connectivity index (χ4n) is 1.60. The number of morpholine rings is 1. The van der Waals surface area contributed by atoms with Gasteiger partial charge in [0.05, 0.1) is 18.8 Å². The van der Waals surface area contributed by atoms with Gasteiger partial charge in [-0.25, -0.2) is 0 Å². The first-order valence-corrected chi connectivity index (χ1v) is 5.10. The third kappa shape index (κ3) is 2.47. The van der Waals surface area contributed by atoms with Crippen molar-refractivity contribution in [3.05, 3.63) is 0 Å². The standard InChI is InChI=1S/C10H17NO4/c1-6(10(13)14)9(12)11-4-5-15-8(3)7(11)2/h6-8H,4-5H2,1-3H3,(H,13,14). The summed E-state index contributed by atoms with van der Waals surface area (Å²) >= 11 is 0. The molecule has 0 bridgehead atoms. The molecule has 3 unspecified atom stereocenters. The van der Waals surface area contributed by atoms with Crippen molar-refractivity contribution in [3.8, 4) is 0 Å². The van der Waals surface area contributed by atoms with Gasteiger partial charge in [0.2, 0.25) is 5.91 Å². The third-order valence-electron chi connectivity index (χ3n) is 2.91. The molecule has 0 aromatic carbocycles. The second kappa shape index (κ2) is 4.61. The van der Waals surface area contributed by atoms with Crippen LogP contribution in [0.4, 0.5) is 0 Å². The number of carboxylic acids is 1. The lowest BCUT2D eigenvalue weighted by Gasteiger charge is -2.38. The minimum absolute atomic E-state index is 0.0382. The molecule has 1 amide bonds. The monoisotopic (exact) mass is 215 g/mol. The number of carbonyl (C=O) groups is 2. The van der Waals surface area contributed by atoms with Crippen LogP contribution in [0.2, 0.25) is 0 Å². The molecule has 5 heteroatoms. The van der Waals surface area contributed by atoms with E-state index in [1.807, 2.05) is 13.8 Å². The Balaban J connectivity index is 2.70. The van der Waals surface area contributed by atoms with Gasteiger partial charge in [-0.2, -0.15) is 0 Å². The van der Waals surface area contributed by atoms with Gasteiger partial charge in [0.1, 0.15) is 5.92 Å². The predicted molar refractivity (Wildman–Crippen MR) is 53.4 cm³/mol. The minimum atomic E-state index is -1.08. The van der Waals surface area contributed by atoms with Crippen LogP contribution in [0.5, 0.6) is 0 Å². The summed E-state index contributed by atoms with van der Waals surface area (Å²) in [5.74, 6) is -2.38. The van der Waals surface area contributed by atoms with Crippen LogP contribution in [-0.4, -0.2) is 47.2 Å². The molecule has 1 rings (SSSR count). The predicted octanol–water partition coefficient (Wildman–Crippen LogP) is 0.343. The Kier molecular flexibility index (Phi) is 3.68. The van der Waals surface area contributed by atoms with Gasteiger partial charge >= 0.3 is 5.97 Å². The Morgan fingerprint density at radius 3 is 2.60 bits per heavy atom. The molecule has 0 aliphatic carbocycles. The van der Waals surface area contributed by atoms with Crippen LogP contribution in [0.15, 0.2) is 0 Å². The molecule has 0 spiro atoms. The van der Waals surface area contributed by atoms with Crippen molar-refractivity contribution in [2.24, 2.45) is 5.92 Å². The van der Waals surface area contributed by atoms with Gasteiger partial charge in [-0.05, 0) is 20.8 Å². The summed E-state index contributed by atoms with van der Waals surface area (Å²) in [6.45, 7) is 6.12. The van der Waals surface area contributed by atoms with Gasteiger partial charge in [-0.3, -0.25) is 9.59 Å². The second-order valence-electron chi connectivity index (χ2n) is 3.91. The first-order chi connectivity index (χ1) is 6.95. The lowest BCUT2D eigenvalue weighted by Crippen LogP contribution is -2.53. The zero-order valence-corrected chi connectivity index (χ0v) is 9.27. The summed E-state index contributed by atoms with van der Waals surface area (Å²) in [7, 11) is 0. The second-order valence-corrected chi connectivity index (χ2v) is 3.91. The Hall–Kier alpha value is -1.10. The highest BCUT2D eigenvalue weighted by Crippen LogP contribution is 2.16. The van der Waals surface area contributed by atoms with E-state index in [1.54, 1.807) is 4.90 Å². The number of amides is 1. The van der Waals surface area contributed by atoms with E-state index in [-0.39, 0.29) is 18.1 Å². The molecule has 1 aliphatic rings. The van der Waals surface area contributed by atoms with Crippen LogP contribution in [0, 0.1) is 5.92 Å². The topological polar surface area (TPSA) is 66.8 Å². The third-order valence-corrected chi connectivity index (χ3v) is 2.91. The number of hydrogen-bond donors (Lipinski definition) is 1. The average Bonchev–Trinajstić information content (AvgIpc) is 2.20. The summed E-state index contributed by atoms with van der Waals surface area (Å²) in [6.07, 6.45) is -0.0382. The lowest BCUT2D eigenvalue weighted by atomic mass is 10.1. The maximum atomic E-state index is 11.8. The van der Waals surface area contributed by atoms with Crippen molar-refractivity contribution in [1.29, 1.82) is 0 Å². The molecule has 1 fully saturated rings. The van der Waals surface area contributed by atoms with Crippen molar-refractivity contribution in [1.82, 2.24) is 4.90 Å². The number of carboxylic acid groups (broad SMARTS) is 1. The minimum Gasteiger partial charge on any atom is -0.481 e. The number of ether oxygens (including phenoxy) is 1. The molecule has 1 saturated heterocycles. The maximum absolute atomic E-state index is 11.8. The number of rotatable bonds is 2. The summed E-state index contributed by atoms with van der Waals surface area (Å²) in [6, 6.07) is -0.0620. The smallest absolute Gasteiger partial charge is 0.315 e. The van der Waals surface area contributed by atoms with E-state index >= 15 is 0 Å². The quantitative estimate of drug-likeness (QED) is 0.675. The first-order valence-electron chi connectivity index (χ1n) is 5.10. The van der Waals surface area contributed by atoms with Crippen molar-refractivity contribution in [3.63, 3.8) is 0 Å². The largest absolute Gasteiger partial charge is 0.481 e. The van der Waals surface area contributed by atoms with Crippen LogP contribution >= 0.6 is 0 Å². The van der Waals surface area contributed by atoms with E-state index in [1.165, 1.54) is 6.92 Å². The fourth-order valence-corrected chi connectivity index (χ4v) is 1.60. The van der Waals surface area contributed by atoms with Crippen LogP contribution in [-0.2, 0) is 14.3 Å². The van der Waals surface area contributed by atoms with Gasteiger partial charge in [-0.1, -0.05) is 0 Å². The molecular weight excluding hydrogens is 198 g/mol. The van der Waals surface area contributed by atoms with Gasteiger partial charge < -0.3 is 14.7 Å². The highest BCUT2D eigenvalue weighted by Gasteiger charge is 2.33. The molecule has 0 aromatic heterocycles. The normalized spacial score (nSPS) is 28.6. The van der Waals surface area contributed by atoms with Gasteiger partial charge in [0, 0.05) is 6.54 Å². The first kappa shape index (κ1) is 12.0. The van der Waals surface area contributed by atoms with E-state index in [0.29, 0.717) is 13.2 Å². The molecule has 86 valence electrons. The Bertz CT molecular complexity index is 266. The van der Waals surface area contributed by atoms with E-state index in [9.17, 15) is 9.59 Å². The Morgan fingerprint density at radius 2 is 2.07 bits per heavy atom. The number of hydrogen-bond acceptors (Lipinski definition) is 3. The molecule has 15 heavy (non-hydrogen) atoms. The summed E-state index contributed by atoms with van der Waals surface area (Å²) in [5.41, 5.74) is 0. The van der Waals surface area contributed by atoms with Crippen LogP contribution in [0.25, 0.3) is 0 Å². The Morgan fingerprint density at radius 1 is 1.47 bits per heavy atom. The number of nitrogens with zero attached hydrogens (tertiary/aromatic N) is 1. The van der Waals surface area contributed by atoms with Gasteiger partial charge in [0.25, 0.3) is 0 Å². The molecule has 5 nitrogen and oxygen atoms in total. The van der Waals surface area contributed by atoms with Crippen LogP contribution < -0.4 is 0 Å². The maximum Gasteiger partial charge on any atom is 0.315 e. The van der Waals surface area contributed by atoms with E-state index in [2.05, 4.69) is 0 Å². The summed E-state index contributed by atoms with van der Waals surface area (Å²) in [5, 5.41) is 8.76. The highest BCUT2D eigenvalue weighted by atomic mass is 16.5. The SMILES string of the molecule is CC(C(=O)O)C(=O)N1CCOC(C)C1C. The van der Waals surface area contributed by atoms with Gasteiger partial charge in [0.15, 0.2) is 0 Å². The fraction of sp³-hybridized carbons (Fsp3) is 0.800. The zero-order valence-electron chi connectivity index (χ0n) is 9.27. The van der Waals surface area contributed by atoms with E-state index in [4.69, 9.17) is 9.84 Å². The van der Waals surface area contributed by atoms with Crippen LogP contribution in [0.3, 0.4) is 0 Å². The number of aliphatic carboxylic acids is 1. The molecule has 0 radical (unpaired) electrons. The highest BCUT2D eigenvalue weighted by molar-refractivity contribution is 5.96. The van der Waals surface area contributed by atoms with Crippen molar-refractivity contribution in [2.45, 2.75) is 32.9 Å². The van der Waals surface area contributed by atoms with E-state index < -0.39 is 11.9 Å². The van der Waals surface area contributed by atoms with Crippen molar-refractivity contribution in [2.75, 3.05) is 13.2 Å². The number of carbonyl (C=O) groups excluding carboxylic acids is 1. The van der Waals surface area contributed by atoms with Crippen molar-refractivity contribution >= 4 is 11.9 Å². The molecule has 1 N–H and O–H groups in total. The summed E-state index contributed by atoms with van der Waals surface area (Å²) in [4.78, 5) is 24.1. The Labute approximate surface area is 89.0 Å². The average molecular weight is 215 g/mol. The van der Waals surface area contributed by atoms with Crippen LogP contribution in [0.1, 0.15) is 20.8 Å². The van der Waals surface area contributed by atoms with Crippen molar-refractivity contribution < 1.29 is 19.4 Å². The van der Waals surface area contributed by atoms with E-state index in [0.717, 1.165) is 0 Å². The molecule has 3 atom stereocenters. The van der Waals surface area contributed by atoms with Gasteiger partial charge in [-0.15, -0.1) is 0 Å². The molecule has 1 aliphatic heterocycles.